The number of nitrogens with one attached hydrogen (secondary N) is 1. The van der Waals surface area contributed by atoms with Crippen LogP contribution in [0.3, 0.4) is 0 Å². The van der Waals surface area contributed by atoms with Crippen molar-refractivity contribution >= 4 is 17.5 Å². The van der Waals surface area contributed by atoms with Gasteiger partial charge >= 0.3 is 0 Å². The number of carbonyl (C=O) groups excluding carboxylic acids is 1. The Labute approximate surface area is 130 Å². The lowest BCUT2D eigenvalue weighted by molar-refractivity contribution is -0.124. The summed E-state index contributed by atoms with van der Waals surface area (Å²) >= 11 is 5.84. The Kier molecular flexibility index (Phi) is 5.02. The molecular formula is C16H20ClN3O. The highest BCUT2D eigenvalue weighted by Crippen LogP contribution is 2.11. The fraction of sp³-hybridized carbons (Fsp3) is 0.375. The smallest absolute Gasteiger partial charge is 0.244 e. The molecule has 1 aromatic heterocycles. The molecule has 2 aromatic rings. The highest BCUT2D eigenvalue weighted by molar-refractivity contribution is 6.30. The fourth-order valence-corrected chi connectivity index (χ4v) is 2.40. The SMILES string of the molecule is Cc1cc(C)n(C(C)C(=O)NCCc2ccc(Cl)cc2)n1. The molecule has 4 nitrogen and oxygen atoms in total. The normalized spacial score (nSPS) is 12.2. The van der Waals surface area contributed by atoms with Crippen LogP contribution in [-0.2, 0) is 11.2 Å². The number of benzene rings is 1. The maximum Gasteiger partial charge on any atom is 0.244 e. The Hall–Kier alpha value is -1.81. The Bertz CT molecular complexity index is 619. The van der Waals surface area contributed by atoms with E-state index in [1.165, 1.54) is 0 Å². The van der Waals surface area contributed by atoms with Gasteiger partial charge in [-0.3, -0.25) is 9.48 Å². The lowest BCUT2D eigenvalue weighted by atomic mass is 10.1. The predicted molar refractivity (Wildman–Crippen MR) is 84.6 cm³/mol. The zero-order valence-electron chi connectivity index (χ0n) is 12.6. The van der Waals surface area contributed by atoms with Crippen LogP contribution in [0.5, 0.6) is 0 Å². The second-order valence-corrected chi connectivity index (χ2v) is 5.65. The Balaban J connectivity index is 1.87. The Morgan fingerprint density at radius 2 is 2.00 bits per heavy atom. The molecule has 0 aliphatic rings. The molecule has 1 N–H and O–H groups in total. The number of halogens is 1. The molecule has 1 aromatic carbocycles. The van der Waals surface area contributed by atoms with Crippen molar-refractivity contribution < 1.29 is 4.79 Å². The molecule has 112 valence electrons. The van der Waals surface area contributed by atoms with E-state index < -0.39 is 0 Å². The van der Waals surface area contributed by atoms with E-state index in [-0.39, 0.29) is 11.9 Å². The molecule has 1 amide bonds. The Morgan fingerprint density at radius 1 is 1.33 bits per heavy atom. The van der Waals surface area contributed by atoms with Gasteiger partial charge in [0.1, 0.15) is 6.04 Å². The van der Waals surface area contributed by atoms with Gasteiger partial charge in [0.05, 0.1) is 5.69 Å². The van der Waals surface area contributed by atoms with Crippen LogP contribution < -0.4 is 5.32 Å². The van der Waals surface area contributed by atoms with Crippen molar-refractivity contribution in [3.8, 4) is 0 Å². The van der Waals surface area contributed by atoms with Gasteiger partial charge in [-0.1, -0.05) is 23.7 Å². The number of aryl methyl sites for hydroxylation is 2. The quantitative estimate of drug-likeness (QED) is 0.923. The van der Waals surface area contributed by atoms with Gasteiger partial charge in [0, 0.05) is 17.3 Å². The number of amides is 1. The van der Waals surface area contributed by atoms with Crippen LogP contribution in [0.1, 0.15) is 29.9 Å². The maximum absolute atomic E-state index is 12.2. The number of aromatic nitrogens is 2. The summed E-state index contributed by atoms with van der Waals surface area (Å²) in [7, 11) is 0. The molecule has 0 spiro atoms. The molecule has 1 unspecified atom stereocenters. The summed E-state index contributed by atoms with van der Waals surface area (Å²) in [6, 6.07) is 9.33. The first kappa shape index (κ1) is 15.6. The van der Waals surface area contributed by atoms with Crippen molar-refractivity contribution in [2.75, 3.05) is 6.54 Å². The molecule has 2 rings (SSSR count). The fourth-order valence-electron chi connectivity index (χ4n) is 2.28. The van der Waals surface area contributed by atoms with Crippen molar-refractivity contribution in [1.82, 2.24) is 15.1 Å². The van der Waals surface area contributed by atoms with Crippen molar-refractivity contribution in [2.45, 2.75) is 33.2 Å². The van der Waals surface area contributed by atoms with Crippen LogP contribution in [0, 0.1) is 13.8 Å². The van der Waals surface area contributed by atoms with Crippen LogP contribution in [0.2, 0.25) is 5.02 Å². The second-order valence-electron chi connectivity index (χ2n) is 5.22. The zero-order chi connectivity index (χ0) is 15.4. The van der Waals surface area contributed by atoms with Gasteiger partial charge in [-0.2, -0.15) is 5.10 Å². The van der Waals surface area contributed by atoms with Crippen molar-refractivity contribution in [2.24, 2.45) is 0 Å². The number of hydrogen-bond donors (Lipinski definition) is 1. The molecule has 0 saturated carbocycles. The van der Waals surface area contributed by atoms with Gasteiger partial charge in [0.25, 0.3) is 0 Å². The van der Waals surface area contributed by atoms with E-state index >= 15 is 0 Å². The average molecular weight is 306 g/mol. The first-order valence-electron chi connectivity index (χ1n) is 7.02. The molecule has 0 saturated heterocycles. The summed E-state index contributed by atoms with van der Waals surface area (Å²) in [4.78, 5) is 12.2. The van der Waals surface area contributed by atoms with E-state index in [0.29, 0.717) is 6.54 Å². The number of hydrogen-bond acceptors (Lipinski definition) is 2. The lowest BCUT2D eigenvalue weighted by Gasteiger charge is -2.14. The minimum Gasteiger partial charge on any atom is -0.354 e. The minimum atomic E-state index is -0.302. The lowest BCUT2D eigenvalue weighted by Crippen LogP contribution is -2.33. The van der Waals surface area contributed by atoms with E-state index in [1.807, 2.05) is 51.1 Å². The van der Waals surface area contributed by atoms with Gasteiger partial charge in [-0.25, -0.2) is 0 Å². The van der Waals surface area contributed by atoms with Crippen LogP contribution in [0.15, 0.2) is 30.3 Å². The third-order valence-corrected chi connectivity index (χ3v) is 3.67. The molecular weight excluding hydrogens is 286 g/mol. The van der Waals surface area contributed by atoms with E-state index in [2.05, 4.69) is 10.4 Å². The Morgan fingerprint density at radius 3 is 2.57 bits per heavy atom. The third kappa shape index (κ3) is 4.08. The second kappa shape index (κ2) is 6.76. The molecule has 21 heavy (non-hydrogen) atoms. The molecule has 5 heteroatoms. The molecule has 0 aliphatic heterocycles. The first-order chi connectivity index (χ1) is 9.97. The van der Waals surface area contributed by atoms with Gasteiger partial charge in [-0.05, 0) is 51.0 Å². The van der Waals surface area contributed by atoms with Crippen molar-refractivity contribution in [3.63, 3.8) is 0 Å². The van der Waals surface area contributed by atoms with Crippen molar-refractivity contribution in [3.05, 3.63) is 52.3 Å². The van der Waals surface area contributed by atoms with Crippen LogP contribution in [0.4, 0.5) is 0 Å². The zero-order valence-corrected chi connectivity index (χ0v) is 13.3. The molecule has 0 fully saturated rings. The van der Waals surface area contributed by atoms with Gasteiger partial charge in [0.2, 0.25) is 5.91 Å². The highest BCUT2D eigenvalue weighted by atomic mass is 35.5. The molecule has 0 bridgehead atoms. The number of carbonyl (C=O) groups is 1. The molecule has 0 radical (unpaired) electrons. The average Bonchev–Trinajstić information content (AvgIpc) is 2.79. The predicted octanol–water partition coefficient (Wildman–Crippen LogP) is 3.07. The standard InChI is InChI=1S/C16H20ClN3O/c1-11-10-12(2)20(19-11)13(3)16(21)18-9-8-14-4-6-15(17)7-5-14/h4-7,10,13H,8-9H2,1-3H3,(H,18,21). The molecule has 0 aliphatic carbocycles. The summed E-state index contributed by atoms with van der Waals surface area (Å²) in [5, 5.41) is 8.02. The summed E-state index contributed by atoms with van der Waals surface area (Å²) in [5.41, 5.74) is 3.07. The van der Waals surface area contributed by atoms with E-state index in [1.54, 1.807) is 4.68 Å². The molecule has 1 atom stereocenters. The number of nitrogens with zero attached hydrogens (tertiary/aromatic N) is 2. The van der Waals surface area contributed by atoms with E-state index in [0.717, 1.165) is 28.4 Å². The van der Waals surface area contributed by atoms with Gasteiger partial charge < -0.3 is 5.32 Å². The summed E-state index contributed by atoms with van der Waals surface area (Å²) in [5.74, 6) is -0.0184. The third-order valence-electron chi connectivity index (χ3n) is 3.42. The summed E-state index contributed by atoms with van der Waals surface area (Å²) in [6.07, 6.45) is 0.784. The van der Waals surface area contributed by atoms with Gasteiger partial charge in [-0.15, -0.1) is 0 Å². The topological polar surface area (TPSA) is 46.9 Å². The summed E-state index contributed by atoms with van der Waals surface area (Å²) < 4.78 is 1.76. The largest absolute Gasteiger partial charge is 0.354 e. The minimum absolute atomic E-state index is 0.0184. The monoisotopic (exact) mass is 305 g/mol. The van der Waals surface area contributed by atoms with Crippen LogP contribution in [-0.4, -0.2) is 22.2 Å². The van der Waals surface area contributed by atoms with E-state index in [4.69, 9.17) is 11.6 Å². The van der Waals surface area contributed by atoms with Crippen LogP contribution >= 0.6 is 11.6 Å². The number of rotatable bonds is 5. The highest BCUT2D eigenvalue weighted by Gasteiger charge is 2.17. The first-order valence-corrected chi connectivity index (χ1v) is 7.40. The summed E-state index contributed by atoms with van der Waals surface area (Å²) in [6.45, 7) is 6.34. The van der Waals surface area contributed by atoms with Crippen LogP contribution in [0.25, 0.3) is 0 Å². The van der Waals surface area contributed by atoms with Crippen molar-refractivity contribution in [1.29, 1.82) is 0 Å². The van der Waals surface area contributed by atoms with E-state index in [9.17, 15) is 4.79 Å². The van der Waals surface area contributed by atoms with Gasteiger partial charge in [0.15, 0.2) is 0 Å². The molecule has 1 heterocycles. The maximum atomic E-state index is 12.2.